The molecular formula is C16H24FNO. The number of hydrogen-bond donors (Lipinski definition) is 1. The molecular weight excluding hydrogens is 241 g/mol. The highest BCUT2D eigenvalue weighted by Crippen LogP contribution is 2.42. The van der Waals surface area contributed by atoms with Crippen molar-refractivity contribution < 1.29 is 9.13 Å². The van der Waals surface area contributed by atoms with Crippen LogP contribution in [0.3, 0.4) is 0 Å². The fourth-order valence-electron chi connectivity index (χ4n) is 2.64. The van der Waals surface area contributed by atoms with E-state index in [0.717, 1.165) is 12.0 Å². The Kier molecular flexibility index (Phi) is 3.98. The molecule has 0 saturated carbocycles. The topological polar surface area (TPSA) is 35.2 Å². The van der Waals surface area contributed by atoms with Crippen LogP contribution < -0.4 is 5.73 Å². The minimum absolute atomic E-state index is 0.0263. The summed E-state index contributed by atoms with van der Waals surface area (Å²) in [6.07, 6.45) is 1.05. The van der Waals surface area contributed by atoms with Crippen LogP contribution in [0.5, 0.6) is 0 Å². The Balaban J connectivity index is 2.25. The molecule has 19 heavy (non-hydrogen) atoms. The van der Waals surface area contributed by atoms with E-state index < -0.39 is 11.1 Å². The Morgan fingerprint density at radius 1 is 1.32 bits per heavy atom. The normalized spacial score (nSPS) is 22.7. The predicted octanol–water partition coefficient (Wildman–Crippen LogP) is 3.40. The van der Waals surface area contributed by atoms with Crippen LogP contribution in [0.1, 0.15) is 44.4 Å². The quantitative estimate of drug-likeness (QED) is 0.909. The van der Waals surface area contributed by atoms with Crippen molar-refractivity contribution >= 4 is 0 Å². The summed E-state index contributed by atoms with van der Waals surface area (Å²) in [5, 5.41) is 0. The van der Waals surface area contributed by atoms with E-state index in [4.69, 9.17) is 10.5 Å². The van der Waals surface area contributed by atoms with E-state index in [-0.39, 0.29) is 12.6 Å². The van der Waals surface area contributed by atoms with Crippen molar-refractivity contribution in [3.63, 3.8) is 0 Å². The van der Waals surface area contributed by atoms with Crippen LogP contribution in [0.15, 0.2) is 24.3 Å². The van der Waals surface area contributed by atoms with E-state index in [9.17, 15) is 0 Å². The van der Waals surface area contributed by atoms with Gasteiger partial charge in [0, 0.05) is 13.0 Å². The molecule has 0 spiro atoms. The second-order valence-electron chi connectivity index (χ2n) is 6.43. The molecule has 0 saturated heterocycles. The van der Waals surface area contributed by atoms with Gasteiger partial charge in [0.05, 0.1) is 12.7 Å². The highest BCUT2D eigenvalue weighted by Gasteiger charge is 2.44. The molecule has 1 aliphatic heterocycles. The van der Waals surface area contributed by atoms with Gasteiger partial charge in [-0.25, -0.2) is 4.39 Å². The van der Waals surface area contributed by atoms with Crippen LogP contribution in [0.4, 0.5) is 4.39 Å². The van der Waals surface area contributed by atoms with Crippen molar-refractivity contribution in [2.75, 3.05) is 13.2 Å². The van der Waals surface area contributed by atoms with Crippen molar-refractivity contribution in [1.29, 1.82) is 0 Å². The van der Waals surface area contributed by atoms with Gasteiger partial charge in [-0.3, -0.25) is 0 Å². The molecule has 2 atom stereocenters. The molecule has 0 radical (unpaired) electrons. The summed E-state index contributed by atoms with van der Waals surface area (Å²) in [5.41, 5.74) is 6.19. The maximum atomic E-state index is 15.1. The first-order valence-electron chi connectivity index (χ1n) is 6.96. The average Bonchev–Trinajstić information content (AvgIpc) is 2.38. The summed E-state index contributed by atoms with van der Waals surface area (Å²) >= 11 is 0. The molecule has 0 fully saturated rings. The number of rotatable bonds is 3. The summed E-state index contributed by atoms with van der Waals surface area (Å²) in [6.45, 7) is 6.38. The zero-order valence-corrected chi connectivity index (χ0v) is 12.1. The third-order valence-electron chi connectivity index (χ3n) is 4.27. The maximum absolute atomic E-state index is 15.1. The zero-order chi connectivity index (χ0) is 14.1. The number of alkyl halides is 1. The molecule has 2 nitrogen and oxygen atoms in total. The van der Waals surface area contributed by atoms with Crippen LogP contribution in [0.2, 0.25) is 0 Å². The first kappa shape index (κ1) is 14.5. The molecule has 2 rings (SSSR count). The fraction of sp³-hybridized carbons (Fsp3) is 0.625. The minimum atomic E-state index is -1.41. The Morgan fingerprint density at radius 2 is 2.00 bits per heavy atom. The molecule has 3 heteroatoms. The van der Waals surface area contributed by atoms with E-state index in [0.29, 0.717) is 13.0 Å². The highest BCUT2D eigenvalue weighted by molar-refractivity contribution is 5.31. The maximum Gasteiger partial charge on any atom is 0.130 e. The summed E-state index contributed by atoms with van der Waals surface area (Å²) in [6, 6.07) is 8.15. The third-order valence-corrected chi connectivity index (χ3v) is 4.27. The van der Waals surface area contributed by atoms with E-state index in [1.54, 1.807) is 0 Å². The lowest BCUT2D eigenvalue weighted by Gasteiger charge is -2.40. The molecule has 1 aromatic carbocycles. The monoisotopic (exact) mass is 265 g/mol. The Bertz CT molecular complexity index is 441. The van der Waals surface area contributed by atoms with E-state index in [1.165, 1.54) is 5.56 Å². The van der Waals surface area contributed by atoms with Gasteiger partial charge in [-0.15, -0.1) is 0 Å². The second-order valence-corrected chi connectivity index (χ2v) is 6.43. The van der Waals surface area contributed by atoms with Crippen LogP contribution in [-0.4, -0.2) is 18.8 Å². The van der Waals surface area contributed by atoms with Crippen LogP contribution in [0.25, 0.3) is 0 Å². The predicted molar refractivity (Wildman–Crippen MR) is 75.8 cm³/mol. The van der Waals surface area contributed by atoms with Crippen molar-refractivity contribution in [1.82, 2.24) is 0 Å². The Hall–Kier alpha value is -0.930. The molecule has 1 aliphatic rings. The number of fused-ring (bicyclic) bond motifs is 1. The van der Waals surface area contributed by atoms with Crippen molar-refractivity contribution in [2.45, 2.75) is 45.4 Å². The molecule has 1 heterocycles. The minimum Gasteiger partial charge on any atom is -0.373 e. The molecule has 106 valence electrons. The molecule has 2 unspecified atom stereocenters. The summed E-state index contributed by atoms with van der Waals surface area (Å²) in [7, 11) is 0. The zero-order valence-electron chi connectivity index (χ0n) is 12.1. The van der Waals surface area contributed by atoms with Gasteiger partial charge in [-0.2, -0.15) is 0 Å². The molecule has 0 amide bonds. The number of ether oxygens (including phenoxy) is 1. The Morgan fingerprint density at radius 3 is 2.63 bits per heavy atom. The standard InChI is InChI=1S/C16H24FNO/c1-15(2,3)16(17,11-18)10-14-13-7-5-4-6-12(13)8-9-19-14/h4-7,14H,8-11,18H2,1-3H3. The number of benzene rings is 1. The number of halogens is 1. The van der Waals surface area contributed by atoms with Gasteiger partial charge >= 0.3 is 0 Å². The van der Waals surface area contributed by atoms with Gasteiger partial charge in [0.15, 0.2) is 0 Å². The lowest BCUT2D eigenvalue weighted by atomic mass is 9.73. The first-order valence-corrected chi connectivity index (χ1v) is 6.96. The van der Waals surface area contributed by atoms with Crippen molar-refractivity contribution in [2.24, 2.45) is 11.1 Å². The molecule has 1 aromatic rings. The van der Waals surface area contributed by atoms with Crippen molar-refractivity contribution in [3.8, 4) is 0 Å². The van der Waals surface area contributed by atoms with Gasteiger partial charge < -0.3 is 10.5 Å². The van der Waals surface area contributed by atoms with Crippen LogP contribution >= 0.6 is 0 Å². The van der Waals surface area contributed by atoms with Crippen molar-refractivity contribution in [3.05, 3.63) is 35.4 Å². The molecule has 0 bridgehead atoms. The Labute approximate surface area is 115 Å². The summed E-state index contributed by atoms with van der Waals surface area (Å²) < 4.78 is 20.9. The summed E-state index contributed by atoms with van der Waals surface area (Å²) in [4.78, 5) is 0. The van der Waals surface area contributed by atoms with Gasteiger partial charge in [-0.05, 0) is 23.0 Å². The van der Waals surface area contributed by atoms with Crippen LogP contribution in [-0.2, 0) is 11.2 Å². The van der Waals surface area contributed by atoms with E-state index in [2.05, 4.69) is 6.07 Å². The lowest BCUT2D eigenvalue weighted by molar-refractivity contribution is -0.0467. The van der Waals surface area contributed by atoms with Gasteiger partial charge in [-0.1, -0.05) is 45.0 Å². The molecule has 0 aliphatic carbocycles. The largest absolute Gasteiger partial charge is 0.373 e. The number of hydrogen-bond acceptors (Lipinski definition) is 2. The SMILES string of the molecule is CC(C)(C)C(F)(CN)CC1OCCc2ccccc21. The smallest absolute Gasteiger partial charge is 0.130 e. The lowest BCUT2D eigenvalue weighted by Crippen LogP contribution is -2.46. The van der Waals surface area contributed by atoms with Gasteiger partial charge in [0.25, 0.3) is 0 Å². The second kappa shape index (κ2) is 5.22. The third kappa shape index (κ3) is 2.82. The van der Waals surface area contributed by atoms with Gasteiger partial charge in [0.2, 0.25) is 0 Å². The molecule has 2 N–H and O–H groups in total. The van der Waals surface area contributed by atoms with Crippen LogP contribution in [0, 0.1) is 5.41 Å². The highest BCUT2D eigenvalue weighted by atomic mass is 19.1. The van der Waals surface area contributed by atoms with E-state index in [1.807, 2.05) is 39.0 Å². The summed E-state index contributed by atoms with van der Waals surface area (Å²) in [5.74, 6) is 0. The first-order chi connectivity index (χ1) is 8.87. The fourth-order valence-corrected chi connectivity index (χ4v) is 2.64. The average molecular weight is 265 g/mol. The van der Waals surface area contributed by atoms with E-state index >= 15 is 4.39 Å². The molecule has 0 aromatic heterocycles. The number of nitrogens with two attached hydrogens (primary N) is 1. The van der Waals surface area contributed by atoms with Gasteiger partial charge in [0.1, 0.15) is 5.67 Å².